The molecule has 0 bridgehead atoms. The highest BCUT2D eigenvalue weighted by Gasteiger charge is 2.08. The molecule has 0 radical (unpaired) electrons. The third kappa shape index (κ3) is 2.33. The Hall–Kier alpha value is -0.860. The van der Waals surface area contributed by atoms with Gasteiger partial charge >= 0.3 is 0 Å². The van der Waals surface area contributed by atoms with E-state index in [9.17, 15) is 4.79 Å². The number of carbonyl (C=O) groups is 1. The highest BCUT2D eigenvalue weighted by molar-refractivity contribution is 5.93. The van der Waals surface area contributed by atoms with Crippen LogP contribution in [-0.2, 0) is 4.79 Å². The maximum atomic E-state index is 11.0. The van der Waals surface area contributed by atoms with Crippen LogP contribution in [-0.4, -0.2) is 30.2 Å². The average Bonchev–Trinajstić information content (AvgIpc) is 1.95. The summed E-state index contributed by atoms with van der Waals surface area (Å²) in [6.07, 6.45) is 2.68. The van der Waals surface area contributed by atoms with Gasteiger partial charge in [0.1, 0.15) is 5.84 Å². The molecule has 1 rings (SSSR count). The van der Waals surface area contributed by atoms with Gasteiger partial charge in [-0.2, -0.15) is 0 Å². The van der Waals surface area contributed by atoms with Gasteiger partial charge in [-0.05, 0) is 19.8 Å². The summed E-state index contributed by atoms with van der Waals surface area (Å²) in [5.41, 5.74) is 0. The Labute approximate surface area is 67.1 Å². The average molecular weight is 154 g/mol. The van der Waals surface area contributed by atoms with Crippen LogP contribution < -0.4 is 0 Å². The van der Waals surface area contributed by atoms with Crippen molar-refractivity contribution >= 4 is 11.7 Å². The van der Waals surface area contributed by atoms with Crippen LogP contribution in [0.1, 0.15) is 26.2 Å². The van der Waals surface area contributed by atoms with Gasteiger partial charge in [0.2, 0.25) is 5.91 Å². The van der Waals surface area contributed by atoms with Gasteiger partial charge in [-0.15, -0.1) is 0 Å². The molecule has 0 saturated heterocycles. The number of hydrogen-bond donors (Lipinski definition) is 0. The van der Waals surface area contributed by atoms with Crippen molar-refractivity contribution < 1.29 is 4.79 Å². The van der Waals surface area contributed by atoms with Gasteiger partial charge in [0.15, 0.2) is 0 Å². The third-order valence-electron chi connectivity index (χ3n) is 1.97. The van der Waals surface area contributed by atoms with Crippen LogP contribution in [0, 0.1) is 0 Å². The lowest BCUT2D eigenvalue weighted by atomic mass is 10.2. The number of amides is 1. The van der Waals surface area contributed by atoms with Crippen LogP contribution in [0.25, 0.3) is 0 Å². The quantitative estimate of drug-likeness (QED) is 0.522. The van der Waals surface area contributed by atoms with E-state index in [1.807, 2.05) is 18.9 Å². The van der Waals surface area contributed by atoms with Crippen molar-refractivity contribution in [2.45, 2.75) is 26.2 Å². The summed E-state index contributed by atoms with van der Waals surface area (Å²) in [5, 5.41) is 0. The summed E-state index contributed by atoms with van der Waals surface area (Å²) in [4.78, 5) is 16.9. The zero-order valence-corrected chi connectivity index (χ0v) is 7.13. The molecule has 0 spiro atoms. The lowest BCUT2D eigenvalue weighted by molar-refractivity contribution is -0.118. The number of hydrogen-bond acceptors (Lipinski definition) is 2. The predicted molar refractivity (Wildman–Crippen MR) is 44.6 cm³/mol. The summed E-state index contributed by atoms with van der Waals surface area (Å²) in [6, 6.07) is 0. The molecule has 0 aliphatic carbocycles. The molecular weight excluding hydrogens is 140 g/mol. The molecule has 0 unspecified atom stereocenters. The van der Waals surface area contributed by atoms with Crippen LogP contribution in [0.5, 0.6) is 0 Å². The standard InChI is InChI=1S/C8H14N2O/c1-7-9-8(11)5-3-4-6-10(7)2/h3-6H2,1-2H3/b9-7-. The number of aliphatic imine (C=N–C) groups is 1. The van der Waals surface area contributed by atoms with Gasteiger partial charge in [0.25, 0.3) is 0 Å². The first-order valence-electron chi connectivity index (χ1n) is 3.99. The summed E-state index contributed by atoms with van der Waals surface area (Å²) in [5.74, 6) is 0.865. The maximum absolute atomic E-state index is 11.0. The first-order chi connectivity index (χ1) is 5.20. The molecule has 0 aromatic rings. The molecule has 3 heteroatoms. The SMILES string of the molecule is C/C1=N/C(=O)CCCCN1C. The minimum Gasteiger partial charge on any atom is -0.363 e. The molecule has 3 nitrogen and oxygen atoms in total. The molecule has 0 fully saturated rings. The maximum Gasteiger partial charge on any atom is 0.247 e. The summed E-state index contributed by atoms with van der Waals surface area (Å²) >= 11 is 0. The number of carbonyl (C=O) groups excluding carboxylic acids is 1. The van der Waals surface area contributed by atoms with Gasteiger partial charge < -0.3 is 4.90 Å². The van der Waals surface area contributed by atoms with Crippen molar-refractivity contribution in [2.24, 2.45) is 4.99 Å². The smallest absolute Gasteiger partial charge is 0.247 e. The van der Waals surface area contributed by atoms with E-state index in [1.54, 1.807) is 0 Å². The first kappa shape index (κ1) is 8.24. The molecule has 0 saturated carbocycles. The Bertz CT molecular complexity index is 187. The van der Waals surface area contributed by atoms with Crippen molar-refractivity contribution in [3.8, 4) is 0 Å². The number of rotatable bonds is 0. The van der Waals surface area contributed by atoms with Crippen molar-refractivity contribution in [1.82, 2.24) is 4.90 Å². The predicted octanol–water partition coefficient (Wildman–Crippen LogP) is 1.05. The summed E-state index contributed by atoms with van der Waals surface area (Å²) in [6.45, 7) is 2.89. The second kappa shape index (κ2) is 3.51. The third-order valence-corrected chi connectivity index (χ3v) is 1.97. The Morgan fingerprint density at radius 1 is 1.45 bits per heavy atom. The van der Waals surface area contributed by atoms with E-state index < -0.39 is 0 Å². The van der Waals surface area contributed by atoms with Gasteiger partial charge in [-0.3, -0.25) is 4.79 Å². The van der Waals surface area contributed by atoms with E-state index in [0.29, 0.717) is 6.42 Å². The zero-order valence-electron chi connectivity index (χ0n) is 7.13. The molecule has 0 atom stereocenters. The van der Waals surface area contributed by atoms with Crippen molar-refractivity contribution in [1.29, 1.82) is 0 Å². The molecule has 1 aliphatic heterocycles. The Morgan fingerprint density at radius 2 is 2.18 bits per heavy atom. The Kier molecular flexibility index (Phi) is 2.63. The van der Waals surface area contributed by atoms with Crippen LogP contribution in [0.4, 0.5) is 0 Å². The largest absolute Gasteiger partial charge is 0.363 e. The monoisotopic (exact) mass is 154 g/mol. The van der Waals surface area contributed by atoms with E-state index in [-0.39, 0.29) is 5.91 Å². The normalized spacial score (nSPS) is 25.5. The van der Waals surface area contributed by atoms with Crippen LogP contribution in [0.3, 0.4) is 0 Å². The topological polar surface area (TPSA) is 32.7 Å². The van der Waals surface area contributed by atoms with E-state index in [2.05, 4.69) is 4.99 Å². The fourth-order valence-electron chi connectivity index (χ4n) is 1.11. The van der Waals surface area contributed by atoms with E-state index in [1.165, 1.54) is 0 Å². The molecule has 1 amide bonds. The first-order valence-corrected chi connectivity index (χ1v) is 3.99. The van der Waals surface area contributed by atoms with Gasteiger partial charge in [-0.25, -0.2) is 4.99 Å². The summed E-state index contributed by atoms with van der Waals surface area (Å²) < 4.78 is 0. The number of amidine groups is 1. The fourth-order valence-corrected chi connectivity index (χ4v) is 1.11. The van der Waals surface area contributed by atoms with E-state index in [0.717, 1.165) is 25.2 Å². The summed E-state index contributed by atoms with van der Waals surface area (Å²) in [7, 11) is 1.97. The van der Waals surface area contributed by atoms with Crippen LogP contribution in [0.2, 0.25) is 0 Å². The van der Waals surface area contributed by atoms with E-state index in [4.69, 9.17) is 0 Å². The Morgan fingerprint density at radius 3 is 2.91 bits per heavy atom. The molecule has 1 aliphatic rings. The van der Waals surface area contributed by atoms with E-state index >= 15 is 0 Å². The highest BCUT2D eigenvalue weighted by Crippen LogP contribution is 2.04. The van der Waals surface area contributed by atoms with Crippen LogP contribution in [0.15, 0.2) is 4.99 Å². The lowest BCUT2D eigenvalue weighted by Crippen LogP contribution is -2.27. The molecule has 0 N–H and O–H groups in total. The molecule has 11 heavy (non-hydrogen) atoms. The molecule has 62 valence electrons. The molecule has 1 heterocycles. The minimum atomic E-state index is 0.0223. The van der Waals surface area contributed by atoms with Gasteiger partial charge in [-0.1, -0.05) is 0 Å². The molecular formula is C8H14N2O. The van der Waals surface area contributed by atoms with Gasteiger partial charge in [0, 0.05) is 20.0 Å². The van der Waals surface area contributed by atoms with Crippen molar-refractivity contribution in [3.63, 3.8) is 0 Å². The molecule has 0 aromatic heterocycles. The highest BCUT2D eigenvalue weighted by atomic mass is 16.1. The molecule has 0 aromatic carbocycles. The fraction of sp³-hybridized carbons (Fsp3) is 0.750. The lowest BCUT2D eigenvalue weighted by Gasteiger charge is -2.19. The zero-order chi connectivity index (χ0) is 8.27. The number of nitrogens with zero attached hydrogens (tertiary/aromatic N) is 2. The second-order valence-corrected chi connectivity index (χ2v) is 2.93. The van der Waals surface area contributed by atoms with Gasteiger partial charge in [0.05, 0.1) is 0 Å². The van der Waals surface area contributed by atoms with Crippen molar-refractivity contribution in [3.05, 3.63) is 0 Å². The van der Waals surface area contributed by atoms with Crippen molar-refractivity contribution in [2.75, 3.05) is 13.6 Å². The minimum absolute atomic E-state index is 0.0223. The van der Waals surface area contributed by atoms with Crippen LogP contribution >= 0.6 is 0 Å². The second-order valence-electron chi connectivity index (χ2n) is 2.93. The Balaban J connectivity index is 2.67.